The number of hydrogen-bond acceptors (Lipinski definition) is 5. The van der Waals surface area contributed by atoms with Crippen molar-refractivity contribution < 1.29 is 13.5 Å². The van der Waals surface area contributed by atoms with Gasteiger partial charge in [-0.15, -0.1) is 0 Å². The van der Waals surface area contributed by atoms with E-state index in [0.717, 1.165) is 29.6 Å². The lowest BCUT2D eigenvalue weighted by Gasteiger charge is -2.38. The molecular formula is C17H17F2N5O. The Morgan fingerprint density at radius 1 is 1.36 bits per heavy atom. The van der Waals surface area contributed by atoms with E-state index in [9.17, 15) is 8.78 Å². The van der Waals surface area contributed by atoms with E-state index in [4.69, 9.17) is 15.7 Å². The Morgan fingerprint density at radius 2 is 2.20 bits per heavy atom. The van der Waals surface area contributed by atoms with Crippen molar-refractivity contribution in [3.8, 4) is 6.07 Å². The number of rotatable bonds is 2. The number of hydrogen-bond donors (Lipinski definition) is 2. The summed E-state index contributed by atoms with van der Waals surface area (Å²) < 4.78 is 33.2. The number of nitrogens with two attached hydrogens (primary N) is 1. The second-order valence-corrected chi connectivity index (χ2v) is 6.50. The number of H-pyrrole nitrogens is 1. The number of aromatic nitrogens is 2. The van der Waals surface area contributed by atoms with Crippen LogP contribution < -0.4 is 5.73 Å². The number of nitrogens with zero attached hydrogens (tertiary/aromatic N) is 3. The van der Waals surface area contributed by atoms with Gasteiger partial charge in [0, 0.05) is 30.7 Å². The molecule has 0 amide bonds. The molecule has 1 fully saturated rings. The highest BCUT2D eigenvalue weighted by molar-refractivity contribution is 5.26. The number of ether oxygens (including phenoxy) is 1. The maximum absolute atomic E-state index is 14.0. The Kier molecular flexibility index (Phi) is 4.00. The van der Waals surface area contributed by atoms with Gasteiger partial charge in [0.25, 0.3) is 0 Å². The van der Waals surface area contributed by atoms with Crippen LogP contribution in [0.5, 0.6) is 0 Å². The number of halogens is 2. The van der Waals surface area contributed by atoms with E-state index < -0.39 is 23.8 Å². The number of imidazole rings is 1. The Labute approximate surface area is 143 Å². The van der Waals surface area contributed by atoms with E-state index in [1.54, 1.807) is 0 Å². The molecule has 2 aliphatic heterocycles. The molecule has 3 heterocycles. The van der Waals surface area contributed by atoms with Crippen LogP contribution in [0, 0.1) is 23.0 Å². The summed E-state index contributed by atoms with van der Waals surface area (Å²) in [5, 5.41) is 8.87. The van der Waals surface area contributed by atoms with E-state index in [-0.39, 0.29) is 11.6 Å². The van der Waals surface area contributed by atoms with E-state index in [1.807, 2.05) is 6.07 Å². The quantitative estimate of drug-likeness (QED) is 0.865. The summed E-state index contributed by atoms with van der Waals surface area (Å²) in [6.07, 6.45) is -0.0496. The highest BCUT2D eigenvalue weighted by atomic mass is 19.1. The highest BCUT2D eigenvalue weighted by Crippen LogP contribution is 2.33. The molecule has 3 N–H and O–H groups in total. The number of fused-ring (bicyclic) bond motifs is 1. The van der Waals surface area contributed by atoms with Crippen molar-refractivity contribution in [3.05, 3.63) is 52.6 Å². The first-order chi connectivity index (χ1) is 12.0. The Bertz CT molecular complexity index is 823. The number of nitriles is 1. The molecule has 25 heavy (non-hydrogen) atoms. The van der Waals surface area contributed by atoms with Gasteiger partial charge in [0.1, 0.15) is 23.8 Å². The van der Waals surface area contributed by atoms with Crippen LogP contribution in [0.3, 0.4) is 0 Å². The summed E-state index contributed by atoms with van der Waals surface area (Å²) in [5.74, 6) is -0.695. The number of benzene rings is 1. The second-order valence-electron chi connectivity index (χ2n) is 6.50. The van der Waals surface area contributed by atoms with Gasteiger partial charge in [-0.1, -0.05) is 0 Å². The number of aromatic amines is 1. The predicted molar refractivity (Wildman–Crippen MR) is 84.0 cm³/mol. The molecule has 0 radical (unpaired) electrons. The van der Waals surface area contributed by atoms with Crippen molar-refractivity contribution in [3.63, 3.8) is 0 Å². The van der Waals surface area contributed by atoms with Gasteiger partial charge >= 0.3 is 0 Å². The van der Waals surface area contributed by atoms with Crippen LogP contribution in [-0.2, 0) is 17.8 Å². The summed E-state index contributed by atoms with van der Waals surface area (Å²) in [4.78, 5) is 9.40. The minimum atomic E-state index is -0.657. The molecule has 2 aliphatic rings. The third-order valence-electron chi connectivity index (χ3n) is 4.87. The van der Waals surface area contributed by atoms with Crippen LogP contribution in [0.2, 0.25) is 0 Å². The van der Waals surface area contributed by atoms with Gasteiger partial charge in [-0.05, 0) is 24.6 Å². The van der Waals surface area contributed by atoms with E-state index in [1.165, 1.54) is 0 Å². The molecule has 4 rings (SSSR count). The Balaban J connectivity index is 1.45. The molecule has 2 aromatic rings. The first kappa shape index (κ1) is 16.1. The molecule has 0 saturated carbocycles. The van der Waals surface area contributed by atoms with Gasteiger partial charge in [0.15, 0.2) is 0 Å². The number of nitrogens with one attached hydrogen (secondary N) is 1. The standard InChI is InChI=1S/C17H17F2N5O/c18-9-1-2-12(19)11(3-9)17-13(21)4-10(8-25-17)24-6-14-15(7-24)23-16(5-20)22-14/h1-3,10,13,17H,4,6-8,21H2,(H,22,23)/t10?,13?,17-/m1/s1. The summed E-state index contributed by atoms with van der Waals surface area (Å²) in [6, 6.07) is 4.95. The first-order valence-corrected chi connectivity index (χ1v) is 8.09. The lowest BCUT2D eigenvalue weighted by Crippen LogP contribution is -2.47. The summed E-state index contributed by atoms with van der Waals surface area (Å²) in [7, 11) is 0. The molecule has 1 aromatic carbocycles. The Hall–Kier alpha value is -2.34. The van der Waals surface area contributed by atoms with Crippen molar-refractivity contribution >= 4 is 0 Å². The van der Waals surface area contributed by atoms with Crippen LogP contribution in [0.1, 0.15) is 35.3 Å². The van der Waals surface area contributed by atoms with Crippen LogP contribution in [0.15, 0.2) is 18.2 Å². The predicted octanol–water partition coefficient (Wildman–Crippen LogP) is 1.73. The molecular weight excluding hydrogens is 328 g/mol. The summed E-state index contributed by atoms with van der Waals surface area (Å²) in [5.41, 5.74) is 8.17. The SMILES string of the molecule is N#Cc1nc2c([nH]1)CN(C1CO[C@H](c3cc(F)ccc3F)C(N)C1)C2. The fourth-order valence-corrected chi connectivity index (χ4v) is 3.62. The van der Waals surface area contributed by atoms with Gasteiger partial charge in [-0.2, -0.15) is 5.26 Å². The Morgan fingerprint density at radius 3 is 2.92 bits per heavy atom. The molecule has 6 nitrogen and oxygen atoms in total. The van der Waals surface area contributed by atoms with Gasteiger partial charge in [0.2, 0.25) is 5.82 Å². The maximum Gasteiger partial charge on any atom is 0.210 e. The minimum Gasteiger partial charge on any atom is -0.370 e. The van der Waals surface area contributed by atoms with Crippen LogP contribution in [0.4, 0.5) is 8.78 Å². The highest BCUT2D eigenvalue weighted by Gasteiger charge is 2.37. The monoisotopic (exact) mass is 345 g/mol. The molecule has 130 valence electrons. The zero-order chi connectivity index (χ0) is 17.6. The van der Waals surface area contributed by atoms with Crippen LogP contribution in [0.25, 0.3) is 0 Å². The molecule has 2 unspecified atom stereocenters. The van der Waals surface area contributed by atoms with Crippen LogP contribution in [-0.4, -0.2) is 33.6 Å². The minimum absolute atomic E-state index is 0.0657. The molecule has 0 spiro atoms. The van der Waals surface area contributed by atoms with E-state index in [0.29, 0.717) is 31.9 Å². The fraction of sp³-hybridized carbons (Fsp3) is 0.412. The fourth-order valence-electron chi connectivity index (χ4n) is 3.62. The topological polar surface area (TPSA) is 91.0 Å². The van der Waals surface area contributed by atoms with Crippen molar-refractivity contribution in [2.75, 3.05) is 6.61 Å². The van der Waals surface area contributed by atoms with E-state index in [2.05, 4.69) is 14.9 Å². The zero-order valence-corrected chi connectivity index (χ0v) is 13.4. The van der Waals surface area contributed by atoms with Gasteiger partial charge in [-0.25, -0.2) is 13.8 Å². The van der Waals surface area contributed by atoms with Gasteiger partial charge in [0.05, 0.1) is 18.0 Å². The van der Waals surface area contributed by atoms with Crippen molar-refractivity contribution in [1.82, 2.24) is 14.9 Å². The van der Waals surface area contributed by atoms with Crippen LogP contribution >= 0.6 is 0 Å². The third-order valence-corrected chi connectivity index (χ3v) is 4.87. The average molecular weight is 345 g/mol. The smallest absolute Gasteiger partial charge is 0.210 e. The molecule has 8 heteroatoms. The van der Waals surface area contributed by atoms with Crippen molar-refractivity contribution in [2.24, 2.45) is 5.73 Å². The average Bonchev–Trinajstić information content (AvgIpc) is 3.15. The molecule has 0 bridgehead atoms. The van der Waals surface area contributed by atoms with Gasteiger partial charge in [-0.3, -0.25) is 4.90 Å². The molecule has 1 saturated heterocycles. The lowest BCUT2D eigenvalue weighted by molar-refractivity contribution is -0.0534. The van der Waals surface area contributed by atoms with E-state index >= 15 is 0 Å². The summed E-state index contributed by atoms with van der Waals surface area (Å²) >= 11 is 0. The lowest BCUT2D eigenvalue weighted by atomic mass is 9.93. The van der Waals surface area contributed by atoms with Gasteiger partial charge < -0.3 is 15.5 Å². The first-order valence-electron chi connectivity index (χ1n) is 8.09. The normalized spacial score (nSPS) is 26.4. The maximum atomic E-state index is 14.0. The molecule has 0 aliphatic carbocycles. The molecule has 3 atom stereocenters. The van der Waals surface area contributed by atoms with Crippen molar-refractivity contribution in [2.45, 2.75) is 37.7 Å². The largest absolute Gasteiger partial charge is 0.370 e. The van der Waals surface area contributed by atoms with Crippen molar-refractivity contribution in [1.29, 1.82) is 5.26 Å². The molecule has 1 aromatic heterocycles. The summed E-state index contributed by atoms with van der Waals surface area (Å²) in [6.45, 7) is 1.64. The second kappa shape index (κ2) is 6.19. The zero-order valence-electron chi connectivity index (χ0n) is 13.4. The third kappa shape index (κ3) is 2.91.